The summed E-state index contributed by atoms with van der Waals surface area (Å²) in [6, 6.07) is 0. The minimum atomic E-state index is -0.322. The first kappa shape index (κ1) is 14.5. The molecule has 1 aliphatic heterocycles. The third kappa shape index (κ3) is 2.64. The molecule has 1 aliphatic rings. The first-order chi connectivity index (χ1) is 10.7. The van der Waals surface area contributed by atoms with E-state index in [0.717, 1.165) is 0 Å². The minimum Gasteiger partial charge on any atom is -0.438 e. The highest BCUT2D eigenvalue weighted by molar-refractivity contribution is 5.92. The van der Waals surface area contributed by atoms with Crippen molar-refractivity contribution in [2.75, 3.05) is 32.1 Å². The van der Waals surface area contributed by atoms with Gasteiger partial charge < -0.3 is 19.4 Å². The summed E-state index contributed by atoms with van der Waals surface area (Å²) < 4.78 is 10.9. The molecule has 116 valence electrons. The maximum Gasteiger partial charge on any atom is 0.291 e. The SMILES string of the molecule is CNc1nccnc1[C@H]1CN(C(=O)c2ocnc2C)CCO1. The predicted molar refractivity (Wildman–Crippen MR) is 77.4 cm³/mol. The van der Waals surface area contributed by atoms with E-state index >= 15 is 0 Å². The van der Waals surface area contributed by atoms with Gasteiger partial charge in [0, 0.05) is 26.0 Å². The molecule has 3 heterocycles. The Balaban J connectivity index is 1.80. The average Bonchev–Trinajstić information content (AvgIpc) is 3.00. The number of aryl methyl sites for hydroxylation is 1. The second-order valence-electron chi connectivity index (χ2n) is 4.92. The molecule has 3 rings (SSSR count). The molecule has 8 nitrogen and oxygen atoms in total. The Morgan fingerprint density at radius 3 is 2.91 bits per heavy atom. The van der Waals surface area contributed by atoms with Gasteiger partial charge in [-0.05, 0) is 6.92 Å². The molecule has 0 spiro atoms. The van der Waals surface area contributed by atoms with Crippen LogP contribution in [-0.4, -0.2) is 52.5 Å². The first-order valence-electron chi connectivity index (χ1n) is 7.00. The Bertz CT molecular complexity index is 672. The molecule has 0 aromatic carbocycles. The van der Waals surface area contributed by atoms with E-state index in [0.29, 0.717) is 36.9 Å². The van der Waals surface area contributed by atoms with E-state index in [4.69, 9.17) is 9.15 Å². The minimum absolute atomic E-state index is 0.182. The molecule has 0 aliphatic carbocycles. The molecule has 1 amide bonds. The molecule has 22 heavy (non-hydrogen) atoms. The zero-order valence-corrected chi connectivity index (χ0v) is 12.4. The summed E-state index contributed by atoms with van der Waals surface area (Å²) in [5.41, 5.74) is 1.28. The van der Waals surface area contributed by atoms with E-state index in [9.17, 15) is 4.79 Å². The van der Waals surface area contributed by atoms with E-state index in [1.807, 2.05) is 0 Å². The van der Waals surface area contributed by atoms with Crippen molar-refractivity contribution in [3.63, 3.8) is 0 Å². The number of ether oxygens (including phenoxy) is 1. The van der Waals surface area contributed by atoms with Crippen LogP contribution in [-0.2, 0) is 4.74 Å². The number of hydrogen-bond acceptors (Lipinski definition) is 7. The van der Waals surface area contributed by atoms with E-state index in [1.54, 1.807) is 31.3 Å². The number of anilines is 1. The van der Waals surface area contributed by atoms with Crippen molar-refractivity contribution < 1.29 is 13.9 Å². The van der Waals surface area contributed by atoms with Gasteiger partial charge in [0.2, 0.25) is 5.76 Å². The van der Waals surface area contributed by atoms with E-state index in [1.165, 1.54) is 6.39 Å². The Labute approximate surface area is 127 Å². The van der Waals surface area contributed by atoms with Crippen LogP contribution in [0.5, 0.6) is 0 Å². The van der Waals surface area contributed by atoms with Crippen LogP contribution in [0.2, 0.25) is 0 Å². The average molecular weight is 303 g/mol. The maximum absolute atomic E-state index is 12.5. The summed E-state index contributed by atoms with van der Waals surface area (Å²) in [6.07, 6.45) is 4.18. The number of rotatable bonds is 3. The van der Waals surface area contributed by atoms with Gasteiger partial charge in [-0.1, -0.05) is 0 Å². The van der Waals surface area contributed by atoms with Crippen LogP contribution < -0.4 is 5.32 Å². The van der Waals surface area contributed by atoms with Gasteiger partial charge in [-0.2, -0.15) is 0 Å². The Morgan fingerprint density at radius 2 is 2.18 bits per heavy atom. The fourth-order valence-electron chi connectivity index (χ4n) is 2.43. The number of oxazole rings is 1. The molecule has 2 aromatic rings. The molecule has 0 saturated carbocycles. The van der Waals surface area contributed by atoms with Gasteiger partial charge in [0.1, 0.15) is 17.6 Å². The molecule has 1 N–H and O–H groups in total. The summed E-state index contributed by atoms with van der Waals surface area (Å²) in [5, 5.41) is 2.99. The summed E-state index contributed by atoms with van der Waals surface area (Å²) >= 11 is 0. The van der Waals surface area contributed by atoms with Crippen molar-refractivity contribution in [3.8, 4) is 0 Å². The normalized spacial score (nSPS) is 18.3. The van der Waals surface area contributed by atoms with Crippen LogP contribution >= 0.6 is 0 Å². The predicted octanol–water partition coefficient (Wildman–Crippen LogP) is 1.03. The lowest BCUT2D eigenvalue weighted by Gasteiger charge is -2.32. The highest BCUT2D eigenvalue weighted by Gasteiger charge is 2.30. The number of amides is 1. The van der Waals surface area contributed by atoms with Crippen molar-refractivity contribution in [1.29, 1.82) is 0 Å². The highest BCUT2D eigenvalue weighted by atomic mass is 16.5. The summed E-state index contributed by atoms with van der Waals surface area (Å²) in [5.74, 6) is 0.740. The lowest BCUT2D eigenvalue weighted by Crippen LogP contribution is -2.42. The van der Waals surface area contributed by atoms with Gasteiger partial charge in [0.05, 0.1) is 18.8 Å². The van der Waals surface area contributed by atoms with E-state index < -0.39 is 0 Å². The van der Waals surface area contributed by atoms with Crippen molar-refractivity contribution in [2.45, 2.75) is 13.0 Å². The first-order valence-corrected chi connectivity index (χ1v) is 7.00. The lowest BCUT2D eigenvalue weighted by atomic mass is 10.2. The summed E-state index contributed by atoms with van der Waals surface area (Å²) in [6.45, 7) is 3.08. The van der Waals surface area contributed by atoms with Gasteiger partial charge in [-0.3, -0.25) is 9.78 Å². The second kappa shape index (κ2) is 6.10. The summed E-state index contributed by atoms with van der Waals surface area (Å²) in [7, 11) is 1.77. The van der Waals surface area contributed by atoms with E-state index in [2.05, 4.69) is 20.3 Å². The number of carbonyl (C=O) groups is 1. The van der Waals surface area contributed by atoms with Crippen molar-refractivity contribution in [3.05, 3.63) is 35.9 Å². The molecular weight excluding hydrogens is 286 g/mol. The van der Waals surface area contributed by atoms with E-state index in [-0.39, 0.29) is 17.8 Å². The fraction of sp³-hybridized carbons (Fsp3) is 0.429. The van der Waals surface area contributed by atoms with Gasteiger partial charge in [0.25, 0.3) is 5.91 Å². The quantitative estimate of drug-likeness (QED) is 0.905. The molecule has 0 unspecified atom stereocenters. The van der Waals surface area contributed by atoms with Crippen LogP contribution in [0.1, 0.15) is 28.0 Å². The number of nitrogens with one attached hydrogen (secondary N) is 1. The zero-order chi connectivity index (χ0) is 15.5. The van der Waals surface area contributed by atoms with Crippen molar-refractivity contribution in [1.82, 2.24) is 19.9 Å². The smallest absolute Gasteiger partial charge is 0.291 e. The molecule has 8 heteroatoms. The molecule has 1 saturated heterocycles. The third-order valence-electron chi connectivity index (χ3n) is 3.56. The number of carbonyl (C=O) groups excluding carboxylic acids is 1. The Hall–Kier alpha value is -2.48. The van der Waals surface area contributed by atoms with Crippen molar-refractivity contribution >= 4 is 11.7 Å². The molecule has 0 bridgehead atoms. The van der Waals surface area contributed by atoms with Gasteiger partial charge in [-0.15, -0.1) is 0 Å². The third-order valence-corrected chi connectivity index (χ3v) is 3.56. The Kier molecular flexibility index (Phi) is 4.01. The standard InChI is InChI=1S/C14H17N5O3/c1-9-12(22-8-18-9)14(20)19-5-6-21-10(7-19)11-13(15-2)17-4-3-16-11/h3-4,8,10H,5-7H2,1-2H3,(H,15,17)/t10-/m1/s1. The van der Waals surface area contributed by atoms with Crippen LogP contribution in [0.3, 0.4) is 0 Å². The van der Waals surface area contributed by atoms with Gasteiger partial charge in [0.15, 0.2) is 6.39 Å². The Morgan fingerprint density at radius 1 is 1.36 bits per heavy atom. The molecule has 0 radical (unpaired) electrons. The number of morpholine rings is 1. The van der Waals surface area contributed by atoms with Crippen LogP contribution in [0.15, 0.2) is 23.2 Å². The number of aromatic nitrogens is 3. The highest BCUT2D eigenvalue weighted by Crippen LogP contribution is 2.26. The van der Waals surface area contributed by atoms with Gasteiger partial charge in [-0.25, -0.2) is 9.97 Å². The molecule has 1 atom stereocenters. The number of hydrogen-bond donors (Lipinski definition) is 1. The monoisotopic (exact) mass is 303 g/mol. The van der Waals surface area contributed by atoms with Crippen LogP contribution in [0.4, 0.5) is 5.82 Å². The second-order valence-corrected chi connectivity index (χ2v) is 4.92. The fourth-order valence-corrected chi connectivity index (χ4v) is 2.43. The van der Waals surface area contributed by atoms with Crippen LogP contribution in [0, 0.1) is 6.92 Å². The zero-order valence-electron chi connectivity index (χ0n) is 12.4. The number of nitrogens with zero attached hydrogens (tertiary/aromatic N) is 4. The lowest BCUT2D eigenvalue weighted by molar-refractivity contribution is -0.0254. The van der Waals surface area contributed by atoms with Crippen LogP contribution in [0.25, 0.3) is 0 Å². The maximum atomic E-state index is 12.5. The molecule has 1 fully saturated rings. The molecule has 2 aromatic heterocycles. The summed E-state index contributed by atoms with van der Waals surface area (Å²) in [4.78, 5) is 26.7. The largest absolute Gasteiger partial charge is 0.438 e. The van der Waals surface area contributed by atoms with Gasteiger partial charge >= 0.3 is 0 Å². The molecular formula is C14H17N5O3. The van der Waals surface area contributed by atoms with Crippen molar-refractivity contribution in [2.24, 2.45) is 0 Å². The topological polar surface area (TPSA) is 93.4 Å².